The van der Waals surface area contributed by atoms with Crippen LogP contribution in [0.4, 0.5) is 11.8 Å². The van der Waals surface area contributed by atoms with E-state index in [1.54, 1.807) is 0 Å². The van der Waals surface area contributed by atoms with Crippen LogP contribution < -0.4 is 9.80 Å². The number of hydrogen-bond acceptors (Lipinski definition) is 6. The van der Waals surface area contributed by atoms with Crippen LogP contribution >= 0.6 is 0 Å². The van der Waals surface area contributed by atoms with Crippen LogP contribution in [0.25, 0.3) is 0 Å². The lowest BCUT2D eigenvalue weighted by atomic mass is 10.1. The van der Waals surface area contributed by atoms with Crippen LogP contribution in [-0.2, 0) is 16.0 Å². The van der Waals surface area contributed by atoms with Crippen molar-refractivity contribution >= 4 is 17.7 Å². The van der Waals surface area contributed by atoms with Gasteiger partial charge in [-0.25, -0.2) is 4.98 Å². The van der Waals surface area contributed by atoms with Gasteiger partial charge in [0.05, 0.1) is 19.6 Å². The molecule has 4 rings (SSSR count). The Morgan fingerprint density at radius 1 is 0.966 bits per heavy atom. The lowest BCUT2D eigenvalue weighted by molar-refractivity contribution is -0.130. The van der Waals surface area contributed by atoms with Crippen molar-refractivity contribution < 1.29 is 9.53 Å². The summed E-state index contributed by atoms with van der Waals surface area (Å²) in [5, 5.41) is 0. The van der Waals surface area contributed by atoms with Crippen molar-refractivity contribution in [1.82, 2.24) is 14.9 Å². The summed E-state index contributed by atoms with van der Waals surface area (Å²) in [7, 11) is 0. The molecule has 2 fully saturated rings. The molecular weight excluding hydrogens is 366 g/mol. The van der Waals surface area contributed by atoms with Crippen molar-refractivity contribution in [2.45, 2.75) is 20.3 Å². The van der Waals surface area contributed by atoms with Crippen molar-refractivity contribution in [3.63, 3.8) is 0 Å². The lowest BCUT2D eigenvalue weighted by Crippen LogP contribution is -2.49. The second-order valence-corrected chi connectivity index (χ2v) is 7.80. The first-order valence-electron chi connectivity index (χ1n) is 10.3. The van der Waals surface area contributed by atoms with Gasteiger partial charge in [0.25, 0.3) is 0 Å². The monoisotopic (exact) mass is 395 g/mol. The number of ether oxygens (including phenoxy) is 1. The van der Waals surface area contributed by atoms with Gasteiger partial charge in [0.15, 0.2) is 0 Å². The molecule has 0 bridgehead atoms. The van der Waals surface area contributed by atoms with Crippen LogP contribution in [0.1, 0.15) is 16.8 Å². The van der Waals surface area contributed by atoms with E-state index in [1.165, 1.54) is 5.56 Å². The van der Waals surface area contributed by atoms with Gasteiger partial charge in [-0.3, -0.25) is 4.79 Å². The highest BCUT2D eigenvalue weighted by Crippen LogP contribution is 2.20. The molecule has 0 N–H and O–H groups in total. The Hall–Kier alpha value is -2.67. The summed E-state index contributed by atoms with van der Waals surface area (Å²) < 4.78 is 5.45. The lowest BCUT2D eigenvalue weighted by Gasteiger charge is -2.35. The number of aryl methyl sites for hydroxylation is 2. The molecule has 1 aromatic heterocycles. The molecule has 7 nitrogen and oxygen atoms in total. The fourth-order valence-corrected chi connectivity index (χ4v) is 3.90. The molecule has 2 saturated heterocycles. The number of carbonyl (C=O) groups is 1. The van der Waals surface area contributed by atoms with E-state index in [0.29, 0.717) is 19.5 Å². The van der Waals surface area contributed by atoms with E-state index >= 15 is 0 Å². The highest BCUT2D eigenvalue weighted by atomic mass is 16.5. The van der Waals surface area contributed by atoms with Crippen LogP contribution in [0, 0.1) is 13.8 Å². The number of morpholine rings is 1. The molecule has 2 aromatic rings. The van der Waals surface area contributed by atoms with Gasteiger partial charge in [-0.1, -0.05) is 29.8 Å². The van der Waals surface area contributed by atoms with Crippen molar-refractivity contribution in [3.05, 3.63) is 47.2 Å². The maximum atomic E-state index is 12.7. The Morgan fingerprint density at radius 3 is 2.45 bits per heavy atom. The summed E-state index contributed by atoms with van der Waals surface area (Å²) in [4.78, 5) is 28.6. The van der Waals surface area contributed by atoms with Crippen LogP contribution in [0.5, 0.6) is 0 Å². The number of nitrogens with zero attached hydrogens (tertiary/aromatic N) is 5. The second-order valence-electron chi connectivity index (χ2n) is 7.80. The summed E-state index contributed by atoms with van der Waals surface area (Å²) >= 11 is 0. The minimum atomic E-state index is 0.189. The van der Waals surface area contributed by atoms with Gasteiger partial charge in [0.2, 0.25) is 11.9 Å². The van der Waals surface area contributed by atoms with Gasteiger partial charge < -0.3 is 19.4 Å². The topological polar surface area (TPSA) is 61.8 Å². The number of anilines is 2. The molecule has 0 unspecified atom stereocenters. The van der Waals surface area contributed by atoms with E-state index in [-0.39, 0.29) is 5.91 Å². The molecule has 0 aliphatic carbocycles. The molecule has 2 aliphatic rings. The molecule has 0 radical (unpaired) electrons. The highest BCUT2D eigenvalue weighted by Gasteiger charge is 2.24. The van der Waals surface area contributed by atoms with Crippen LogP contribution in [0.2, 0.25) is 0 Å². The molecule has 3 heterocycles. The predicted octanol–water partition coefficient (Wildman–Crippen LogP) is 1.82. The predicted molar refractivity (Wildman–Crippen MR) is 113 cm³/mol. The first-order chi connectivity index (χ1) is 14.1. The maximum Gasteiger partial charge on any atom is 0.227 e. The fraction of sp³-hybridized carbons (Fsp3) is 0.500. The van der Waals surface area contributed by atoms with Crippen molar-refractivity contribution in [2.24, 2.45) is 0 Å². The number of amides is 1. The Kier molecular flexibility index (Phi) is 5.94. The largest absolute Gasteiger partial charge is 0.378 e. The van der Waals surface area contributed by atoms with E-state index in [0.717, 1.165) is 62.4 Å². The zero-order chi connectivity index (χ0) is 20.2. The van der Waals surface area contributed by atoms with Gasteiger partial charge in [-0.05, 0) is 19.4 Å². The molecule has 1 amide bonds. The van der Waals surface area contributed by atoms with E-state index < -0.39 is 0 Å². The van der Waals surface area contributed by atoms with Gasteiger partial charge in [-0.15, -0.1) is 0 Å². The summed E-state index contributed by atoms with van der Waals surface area (Å²) in [6.07, 6.45) is 0.462. The maximum absolute atomic E-state index is 12.7. The minimum Gasteiger partial charge on any atom is -0.378 e. The number of rotatable bonds is 4. The molecule has 0 atom stereocenters. The number of hydrogen-bond donors (Lipinski definition) is 0. The van der Waals surface area contributed by atoms with Crippen molar-refractivity contribution in [3.8, 4) is 0 Å². The minimum absolute atomic E-state index is 0.189. The standard InChI is InChI=1S/C22H29N5O2/c1-17-4-3-5-19(14-17)16-21(28)26-6-8-27(9-7-26)22-23-18(2)15-20(24-22)25-10-12-29-13-11-25/h3-5,14-15H,6-13,16H2,1-2H3. The van der Waals surface area contributed by atoms with Gasteiger partial charge >= 0.3 is 0 Å². The van der Waals surface area contributed by atoms with Gasteiger partial charge in [-0.2, -0.15) is 4.98 Å². The molecular formula is C22H29N5O2. The Morgan fingerprint density at radius 2 is 1.72 bits per heavy atom. The van der Waals surface area contributed by atoms with Gasteiger partial charge in [0.1, 0.15) is 5.82 Å². The van der Waals surface area contributed by atoms with E-state index in [9.17, 15) is 4.79 Å². The summed E-state index contributed by atoms with van der Waals surface area (Å²) in [5.41, 5.74) is 3.23. The first-order valence-corrected chi connectivity index (χ1v) is 10.3. The Bertz CT molecular complexity index is 858. The Labute approximate surface area is 172 Å². The summed E-state index contributed by atoms with van der Waals surface area (Å²) in [6.45, 7) is 10.2. The molecule has 2 aliphatic heterocycles. The first kappa shape index (κ1) is 19.6. The molecule has 0 spiro atoms. The Balaban J connectivity index is 1.38. The number of aromatic nitrogens is 2. The SMILES string of the molecule is Cc1cccc(CC(=O)N2CCN(c3nc(C)cc(N4CCOCC4)n3)CC2)c1. The zero-order valence-corrected chi connectivity index (χ0v) is 17.3. The average Bonchev–Trinajstić information content (AvgIpc) is 2.74. The van der Waals surface area contributed by atoms with E-state index in [2.05, 4.69) is 33.8 Å². The molecule has 154 valence electrons. The highest BCUT2D eigenvalue weighted by molar-refractivity contribution is 5.79. The van der Waals surface area contributed by atoms with Crippen molar-refractivity contribution in [1.29, 1.82) is 0 Å². The normalized spacial score (nSPS) is 17.5. The van der Waals surface area contributed by atoms with Crippen LogP contribution in [-0.4, -0.2) is 73.3 Å². The molecule has 7 heteroatoms. The summed E-state index contributed by atoms with van der Waals surface area (Å²) in [6, 6.07) is 10.2. The number of piperazine rings is 1. The van der Waals surface area contributed by atoms with Gasteiger partial charge in [0, 0.05) is 51.0 Å². The zero-order valence-electron chi connectivity index (χ0n) is 17.3. The average molecular weight is 396 g/mol. The third-order valence-electron chi connectivity index (χ3n) is 5.52. The number of benzene rings is 1. The third kappa shape index (κ3) is 4.85. The molecule has 0 saturated carbocycles. The van der Waals surface area contributed by atoms with E-state index in [4.69, 9.17) is 9.72 Å². The van der Waals surface area contributed by atoms with Crippen LogP contribution in [0.15, 0.2) is 30.3 Å². The van der Waals surface area contributed by atoms with Crippen LogP contribution in [0.3, 0.4) is 0 Å². The summed E-state index contributed by atoms with van der Waals surface area (Å²) in [5.74, 6) is 1.92. The second kappa shape index (κ2) is 8.78. The smallest absolute Gasteiger partial charge is 0.227 e. The molecule has 1 aromatic carbocycles. The fourth-order valence-electron chi connectivity index (χ4n) is 3.90. The third-order valence-corrected chi connectivity index (χ3v) is 5.52. The van der Waals surface area contributed by atoms with E-state index in [1.807, 2.05) is 30.0 Å². The quantitative estimate of drug-likeness (QED) is 0.787. The number of carbonyl (C=O) groups excluding carboxylic acids is 1. The van der Waals surface area contributed by atoms with Crippen molar-refractivity contribution in [2.75, 3.05) is 62.3 Å². The molecule has 29 heavy (non-hydrogen) atoms.